The number of aromatic nitrogens is 2. The third-order valence-corrected chi connectivity index (χ3v) is 5.98. The van der Waals surface area contributed by atoms with Gasteiger partial charge in [0.05, 0.1) is 5.52 Å². The first-order valence-corrected chi connectivity index (χ1v) is 10.4. The maximum absolute atomic E-state index is 6.09. The van der Waals surface area contributed by atoms with Gasteiger partial charge >= 0.3 is 0 Å². The van der Waals surface area contributed by atoms with E-state index in [-0.39, 0.29) is 12.4 Å². The van der Waals surface area contributed by atoms with Crippen molar-refractivity contribution in [3.63, 3.8) is 0 Å². The molecule has 4 heteroatoms. The molecule has 2 aliphatic carbocycles. The second-order valence-electron chi connectivity index (χ2n) is 7.49. The predicted octanol–water partition coefficient (Wildman–Crippen LogP) is 7.59. The summed E-state index contributed by atoms with van der Waals surface area (Å²) in [5, 5.41) is 4.54. The van der Waals surface area contributed by atoms with Crippen LogP contribution in [0.3, 0.4) is 0 Å². The topological polar surface area (TPSA) is 25.8 Å². The number of hydrogen-bond donors (Lipinski definition) is 0. The lowest BCUT2D eigenvalue weighted by Gasteiger charge is -2.25. The maximum Gasteiger partial charge on any atom is 0.0732 e. The normalized spacial score (nSPS) is 14.4. The molecule has 2 heterocycles. The van der Waals surface area contributed by atoms with Crippen molar-refractivity contribution in [3.8, 4) is 0 Å². The molecule has 6 rings (SSSR count). The Hall–Kier alpha value is -2.68. The minimum Gasteiger partial charge on any atom is -0.264 e. The van der Waals surface area contributed by atoms with E-state index in [4.69, 9.17) is 11.6 Å². The van der Waals surface area contributed by atoms with E-state index in [1.54, 1.807) is 18.0 Å². The highest BCUT2D eigenvalue weighted by Crippen LogP contribution is 2.40. The lowest BCUT2D eigenvalue weighted by Crippen LogP contribution is -2.06. The molecule has 0 radical (unpaired) electrons. The summed E-state index contributed by atoms with van der Waals surface area (Å²) in [6.07, 6.45) is 14.8. The fraction of sp³-hybridized carbons (Fsp3) is 0.154. The van der Waals surface area contributed by atoms with Crippen molar-refractivity contribution in [2.45, 2.75) is 25.7 Å². The van der Waals surface area contributed by atoms with E-state index in [2.05, 4.69) is 46.4 Å². The van der Waals surface area contributed by atoms with Crippen LogP contribution in [-0.2, 0) is 6.42 Å². The number of aryl methyl sites for hydroxylation is 1. The maximum atomic E-state index is 6.09. The average Bonchev–Trinajstić information content (AvgIpc) is 2.79. The summed E-state index contributed by atoms with van der Waals surface area (Å²) in [5.74, 6) is 0. The molecule has 30 heavy (non-hydrogen) atoms. The van der Waals surface area contributed by atoms with Crippen LogP contribution in [0.2, 0.25) is 5.02 Å². The van der Waals surface area contributed by atoms with Gasteiger partial charge < -0.3 is 0 Å². The Bertz CT molecular complexity index is 1210. The highest BCUT2D eigenvalue weighted by molar-refractivity contribution is 6.31. The van der Waals surface area contributed by atoms with Gasteiger partial charge in [0.1, 0.15) is 0 Å². The first kappa shape index (κ1) is 20.6. The van der Waals surface area contributed by atoms with Crippen LogP contribution >= 0.6 is 24.0 Å². The number of hydrogen-bond acceptors (Lipinski definition) is 2. The third-order valence-electron chi connectivity index (χ3n) is 5.74. The van der Waals surface area contributed by atoms with E-state index in [1.165, 1.54) is 53.2 Å². The van der Waals surface area contributed by atoms with Crippen molar-refractivity contribution < 1.29 is 0 Å². The van der Waals surface area contributed by atoms with Gasteiger partial charge in [-0.05, 0) is 83.5 Å². The molecule has 0 aliphatic heterocycles. The zero-order chi connectivity index (χ0) is 19.6. The van der Waals surface area contributed by atoms with Crippen molar-refractivity contribution in [2.75, 3.05) is 0 Å². The fourth-order valence-electron chi connectivity index (χ4n) is 4.33. The molecule has 150 valence electrons. The van der Waals surface area contributed by atoms with Crippen LogP contribution < -0.4 is 0 Å². The number of allylic oxidation sites excluding steroid dienone is 4. The van der Waals surface area contributed by atoms with Crippen LogP contribution in [0.4, 0.5) is 0 Å². The molecule has 0 N–H and O–H groups in total. The molecule has 2 aromatic carbocycles. The lowest BCUT2D eigenvalue weighted by atomic mass is 9.80. The molecule has 0 unspecified atom stereocenters. The van der Waals surface area contributed by atoms with Gasteiger partial charge in [0.15, 0.2) is 0 Å². The van der Waals surface area contributed by atoms with Crippen LogP contribution in [0.1, 0.15) is 30.4 Å². The zero-order valence-corrected chi connectivity index (χ0v) is 18.1. The van der Waals surface area contributed by atoms with E-state index in [1.807, 2.05) is 30.5 Å². The van der Waals surface area contributed by atoms with Gasteiger partial charge in [0, 0.05) is 29.0 Å². The van der Waals surface area contributed by atoms with Crippen LogP contribution in [-0.4, -0.2) is 9.97 Å². The van der Waals surface area contributed by atoms with Crippen molar-refractivity contribution >= 4 is 51.3 Å². The van der Waals surface area contributed by atoms with Crippen molar-refractivity contribution in [3.05, 3.63) is 101 Å². The first-order chi connectivity index (χ1) is 14.3. The summed E-state index contributed by atoms with van der Waals surface area (Å²) in [6, 6.07) is 16.5. The Kier molecular flexibility index (Phi) is 6.17. The molecule has 0 fully saturated rings. The quantitative estimate of drug-likeness (QED) is 0.285. The summed E-state index contributed by atoms with van der Waals surface area (Å²) in [7, 11) is 0. The van der Waals surface area contributed by atoms with E-state index in [9.17, 15) is 0 Å². The number of nitrogens with zero attached hydrogens (tertiary/aromatic N) is 2. The van der Waals surface area contributed by atoms with E-state index in [0.29, 0.717) is 0 Å². The van der Waals surface area contributed by atoms with E-state index in [0.717, 1.165) is 15.9 Å². The molecule has 2 aromatic heterocycles. The minimum absolute atomic E-state index is 0. The summed E-state index contributed by atoms with van der Waals surface area (Å²) in [5.41, 5.74) is 7.05. The van der Waals surface area contributed by atoms with Crippen molar-refractivity contribution in [1.29, 1.82) is 0 Å². The lowest BCUT2D eigenvalue weighted by molar-refractivity contribution is 0.831. The Labute approximate surface area is 187 Å². The van der Waals surface area contributed by atoms with Gasteiger partial charge in [-0.3, -0.25) is 9.97 Å². The predicted molar refractivity (Wildman–Crippen MR) is 129 cm³/mol. The van der Waals surface area contributed by atoms with Crippen LogP contribution in [0, 0.1) is 0 Å². The highest BCUT2D eigenvalue weighted by atomic mass is 35.5. The van der Waals surface area contributed by atoms with Gasteiger partial charge in [-0.25, -0.2) is 0 Å². The van der Waals surface area contributed by atoms with Crippen molar-refractivity contribution in [2.24, 2.45) is 0 Å². The molecule has 0 bridgehead atoms. The first-order valence-electron chi connectivity index (χ1n) is 10.0. The Balaban J connectivity index is 0.000000168. The number of halogens is 2. The zero-order valence-electron chi connectivity index (χ0n) is 16.5. The Morgan fingerprint density at radius 1 is 0.867 bits per heavy atom. The Morgan fingerprint density at radius 2 is 1.80 bits per heavy atom. The fourth-order valence-corrected chi connectivity index (χ4v) is 4.51. The van der Waals surface area contributed by atoms with Crippen LogP contribution in [0.5, 0.6) is 0 Å². The molecule has 0 atom stereocenters. The van der Waals surface area contributed by atoms with Gasteiger partial charge in [-0.15, -0.1) is 12.4 Å². The highest BCUT2D eigenvalue weighted by Gasteiger charge is 2.20. The molecular formula is C26H22Cl2N2. The minimum atomic E-state index is 0. The monoisotopic (exact) mass is 432 g/mol. The average molecular weight is 433 g/mol. The summed E-state index contributed by atoms with van der Waals surface area (Å²) in [4.78, 5) is 8.11. The standard InChI is InChI=1S/C18H15Cl.C8H6N2.ClH/c19-14-7-10-16-13(11-14)6-9-17-15-4-2-1-3-12(15)5-8-18(16)17;1-2-7-6-9-5-3-8(7)10-4-1;/h2,4,6-7,9-11H,1,3,5,8H2;1-6H;1H. The van der Waals surface area contributed by atoms with Crippen LogP contribution in [0.15, 0.2) is 84.8 Å². The Morgan fingerprint density at radius 3 is 2.70 bits per heavy atom. The third kappa shape index (κ3) is 3.98. The smallest absolute Gasteiger partial charge is 0.0732 e. The van der Waals surface area contributed by atoms with Gasteiger partial charge in [-0.1, -0.05) is 47.5 Å². The van der Waals surface area contributed by atoms with Gasteiger partial charge in [0.2, 0.25) is 0 Å². The summed E-state index contributed by atoms with van der Waals surface area (Å²) in [6.45, 7) is 0. The molecule has 2 aliphatic rings. The van der Waals surface area contributed by atoms with Crippen molar-refractivity contribution in [1.82, 2.24) is 9.97 Å². The van der Waals surface area contributed by atoms with Gasteiger partial charge in [-0.2, -0.15) is 0 Å². The summed E-state index contributed by atoms with van der Waals surface area (Å²) < 4.78 is 0. The van der Waals surface area contributed by atoms with E-state index >= 15 is 0 Å². The number of benzene rings is 2. The summed E-state index contributed by atoms with van der Waals surface area (Å²) >= 11 is 6.09. The molecule has 4 aromatic rings. The van der Waals surface area contributed by atoms with Crippen LogP contribution in [0.25, 0.3) is 27.2 Å². The molecule has 0 amide bonds. The number of rotatable bonds is 0. The number of pyridine rings is 2. The number of fused-ring (bicyclic) bond motifs is 5. The van der Waals surface area contributed by atoms with Gasteiger partial charge in [0.25, 0.3) is 0 Å². The second kappa shape index (κ2) is 8.99. The molecule has 2 nitrogen and oxygen atoms in total. The van der Waals surface area contributed by atoms with E-state index < -0.39 is 0 Å². The molecular weight excluding hydrogens is 411 g/mol. The molecule has 0 saturated carbocycles. The molecule has 0 saturated heterocycles. The SMILES string of the molecule is Cl.Clc1ccc2c3c(ccc2c1)C1=C(CCC=C1)CC3.c1cnc2ccncc2c1. The molecule has 0 spiro atoms. The largest absolute Gasteiger partial charge is 0.264 e. The second-order valence-corrected chi connectivity index (χ2v) is 7.92.